The SMILES string of the molecule is CN(C)Cc1cc(Nc2ncc3c(n2)OCN(c2c(Cl)cccc2Cl)C3=O)cc2cc[nH]c12. The molecule has 0 fully saturated rings. The first-order chi connectivity index (χ1) is 15.9. The minimum atomic E-state index is -0.334. The van der Waals surface area contributed by atoms with E-state index in [0.717, 1.165) is 28.7 Å². The summed E-state index contributed by atoms with van der Waals surface area (Å²) in [7, 11) is 4.05. The van der Waals surface area contributed by atoms with E-state index in [1.54, 1.807) is 18.2 Å². The molecule has 0 saturated carbocycles. The molecule has 0 radical (unpaired) electrons. The molecular formula is C23H20Cl2N6O2. The molecule has 8 nitrogen and oxygen atoms in total. The lowest BCUT2D eigenvalue weighted by Crippen LogP contribution is -2.39. The third kappa shape index (κ3) is 4.08. The number of carbonyl (C=O) groups excluding carboxylic acids is 1. The fraction of sp³-hybridized carbons (Fsp3) is 0.174. The molecule has 0 aliphatic carbocycles. The number of rotatable bonds is 5. The molecule has 1 aliphatic heterocycles. The van der Waals surface area contributed by atoms with E-state index in [9.17, 15) is 4.79 Å². The van der Waals surface area contributed by atoms with Gasteiger partial charge in [-0.2, -0.15) is 4.98 Å². The highest BCUT2D eigenvalue weighted by Crippen LogP contribution is 2.37. The minimum Gasteiger partial charge on any atom is -0.455 e. The van der Waals surface area contributed by atoms with Crippen molar-refractivity contribution in [3.63, 3.8) is 0 Å². The van der Waals surface area contributed by atoms with Crippen LogP contribution in [0, 0.1) is 0 Å². The van der Waals surface area contributed by atoms with E-state index in [1.807, 2.05) is 32.4 Å². The Hall–Kier alpha value is -3.33. The molecule has 10 heteroatoms. The van der Waals surface area contributed by atoms with Crippen LogP contribution in [0.2, 0.25) is 10.0 Å². The van der Waals surface area contributed by atoms with Gasteiger partial charge >= 0.3 is 0 Å². The smallest absolute Gasteiger partial charge is 0.268 e. The molecule has 5 rings (SSSR count). The maximum absolute atomic E-state index is 13.1. The number of halogens is 2. The second-order valence-corrected chi connectivity index (χ2v) is 8.74. The molecule has 4 aromatic rings. The molecule has 1 amide bonds. The van der Waals surface area contributed by atoms with Crippen LogP contribution in [0.25, 0.3) is 10.9 Å². The van der Waals surface area contributed by atoms with Crippen LogP contribution in [0.5, 0.6) is 5.88 Å². The second kappa shape index (κ2) is 8.55. The Morgan fingerprint density at radius 2 is 2.00 bits per heavy atom. The van der Waals surface area contributed by atoms with E-state index in [4.69, 9.17) is 27.9 Å². The maximum Gasteiger partial charge on any atom is 0.268 e. The van der Waals surface area contributed by atoms with Gasteiger partial charge < -0.3 is 19.9 Å². The Morgan fingerprint density at radius 3 is 2.76 bits per heavy atom. The van der Waals surface area contributed by atoms with E-state index in [0.29, 0.717) is 21.7 Å². The van der Waals surface area contributed by atoms with Gasteiger partial charge in [0.05, 0.1) is 21.2 Å². The summed E-state index contributed by atoms with van der Waals surface area (Å²) < 4.78 is 5.77. The average Bonchev–Trinajstić information content (AvgIpc) is 3.24. The summed E-state index contributed by atoms with van der Waals surface area (Å²) in [6.07, 6.45) is 3.36. The summed E-state index contributed by atoms with van der Waals surface area (Å²) in [6.45, 7) is 0.712. The largest absolute Gasteiger partial charge is 0.455 e. The number of hydrogen-bond donors (Lipinski definition) is 2. The van der Waals surface area contributed by atoms with Crippen molar-refractivity contribution in [1.29, 1.82) is 0 Å². The molecule has 3 heterocycles. The van der Waals surface area contributed by atoms with Crippen molar-refractivity contribution in [3.8, 4) is 5.88 Å². The summed E-state index contributed by atoms with van der Waals surface area (Å²) in [5, 5.41) is 5.02. The highest BCUT2D eigenvalue weighted by Gasteiger charge is 2.31. The minimum absolute atomic E-state index is 0.0615. The van der Waals surface area contributed by atoms with Crippen LogP contribution in [0.15, 0.2) is 48.8 Å². The zero-order valence-corrected chi connectivity index (χ0v) is 19.4. The van der Waals surface area contributed by atoms with Crippen molar-refractivity contribution < 1.29 is 9.53 Å². The lowest BCUT2D eigenvalue weighted by atomic mass is 10.1. The molecule has 2 aromatic carbocycles. The number of nitrogens with zero attached hydrogens (tertiary/aromatic N) is 4. The molecule has 168 valence electrons. The van der Waals surface area contributed by atoms with Crippen molar-refractivity contribution in [3.05, 3.63) is 70.0 Å². The van der Waals surface area contributed by atoms with Crippen molar-refractivity contribution in [1.82, 2.24) is 19.9 Å². The van der Waals surface area contributed by atoms with E-state index >= 15 is 0 Å². The Bertz CT molecular complexity index is 1350. The van der Waals surface area contributed by atoms with Gasteiger partial charge in [0.15, 0.2) is 6.73 Å². The van der Waals surface area contributed by atoms with Gasteiger partial charge in [-0.05, 0) is 50.0 Å². The quantitative estimate of drug-likeness (QED) is 0.413. The molecule has 0 saturated heterocycles. The summed E-state index contributed by atoms with van der Waals surface area (Å²) in [4.78, 5) is 28.6. The van der Waals surface area contributed by atoms with Crippen molar-refractivity contribution in [2.24, 2.45) is 0 Å². The number of amides is 1. The number of benzene rings is 2. The summed E-state index contributed by atoms with van der Waals surface area (Å²) in [5.74, 6) is 0.199. The fourth-order valence-corrected chi connectivity index (χ4v) is 4.44. The number of H-pyrrole nitrogens is 1. The first-order valence-corrected chi connectivity index (χ1v) is 10.9. The van der Waals surface area contributed by atoms with Crippen molar-refractivity contribution in [2.75, 3.05) is 31.0 Å². The molecule has 0 bridgehead atoms. The number of aromatic amines is 1. The van der Waals surface area contributed by atoms with Crippen LogP contribution >= 0.6 is 23.2 Å². The predicted molar refractivity (Wildman–Crippen MR) is 130 cm³/mol. The van der Waals surface area contributed by atoms with Gasteiger partial charge in [-0.1, -0.05) is 29.3 Å². The van der Waals surface area contributed by atoms with Crippen LogP contribution in [-0.2, 0) is 6.54 Å². The van der Waals surface area contributed by atoms with Gasteiger partial charge in [0.25, 0.3) is 5.91 Å². The Balaban J connectivity index is 1.43. The number of anilines is 3. The van der Waals surface area contributed by atoms with Crippen LogP contribution in [0.1, 0.15) is 15.9 Å². The van der Waals surface area contributed by atoms with Gasteiger partial charge in [-0.3, -0.25) is 9.69 Å². The molecular weight excluding hydrogens is 463 g/mol. The molecule has 0 atom stereocenters. The van der Waals surface area contributed by atoms with Crippen LogP contribution < -0.4 is 15.0 Å². The number of para-hydroxylation sites is 1. The first-order valence-electron chi connectivity index (χ1n) is 10.2. The monoisotopic (exact) mass is 482 g/mol. The molecule has 2 aromatic heterocycles. The highest BCUT2D eigenvalue weighted by atomic mass is 35.5. The Kier molecular flexibility index (Phi) is 5.57. The van der Waals surface area contributed by atoms with Gasteiger partial charge in [-0.15, -0.1) is 0 Å². The Labute approximate surface area is 200 Å². The van der Waals surface area contributed by atoms with Gasteiger partial charge in [-0.25, -0.2) is 4.98 Å². The normalized spacial score (nSPS) is 13.4. The topological polar surface area (TPSA) is 86.4 Å². The van der Waals surface area contributed by atoms with Crippen LogP contribution in [-0.4, -0.2) is 46.6 Å². The second-order valence-electron chi connectivity index (χ2n) is 7.93. The summed E-state index contributed by atoms with van der Waals surface area (Å²) >= 11 is 12.5. The zero-order valence-electron chi connectivity index (χ0n) is 17.9. The van der Waals surface area contributed by atoms with E-state index < -0.39 is 0 Å². The van der Waals surface area contributed by atoms with Gasteiger partial charge in [0, 0.05) is 30.0 Å². The molecule has 0 unspecified atom stereocenters. The van der Waals surface area contributed by atoms with Crippen LogP contribution in [0.4, 0.5) is 17.3 Å². The van der Waals surface area contributed by atoms with E-state index in [1.165, 1.54) is 11.1 Å². The lowest BCUT2D eigenvalue weighted by molar-refractivity contribution is 0.0932. The lowest BCUT2D eigenvalue weighted by Gasteiger charge is -2.29. The van der Waals surface area contributed by atoms with Crippen molar-refractivity contribution in [2.45, 2.75) is 6.54 Å². The number of hydrogen-bond acceptors (Lipinski definition) is 6. The summed E-state index contributed by atoms with van der Waals surface area (Å²) in [6, 6.07) is 11.1. The zero-order chi connectivity index (χ0) is 23.1. The van der Waals surface area contributed by atoms with Gasteiger partial charge in [0.1, 0.15) is 5.56 Å². The number of carbonyl (C=O) groups is 1. The third-order valence-electron chi connectivity index (χ3n) is 5.25. The van der Waals surface area contributed by atoms with Crippen molar-refractivity contribution >= 4 is 57.3 Å². The number of fused-ring (bicyclic) bond motifs is 2. The molecule has 1 aliphatic rings. The van der Waals surface area contributed by atoms with Crippen LogP contribution in [0.3, 0.4) is 0 Å². The van der Waals surface area contributed by atoms with Gasteiger partial charge in [0.2, 0.25) is 11.8 Å². The summed E-state index contributed by atoms with van der Waals surface area (Å²) in [5.41, 5.74) is 3.70. The number of nitrogens with one attached hydrogen (secondary N) is 2. The highest BCUT2D eigenvalue weighted by molar-refractivity contribution is 6.40. The number of ether oxygens (including phenoxy) is 1. The Morgan fingerprint density at radius 1 is 1.21 bits per heavy atom. The standard InChI is InChI=1S/C23H20Cl2N6O2/c1-30(2)11-14-9-15(8-13-6-7-26-19(13)14)28-23-27-10-16-21(29-23)33-12-31(22(16)32)20-17(24)4-3-5-18(20)25/h3-10,26H,11-12H2,1-2H3,(H,27,28,29). The predicted octanol–water partition coefficient (Wildman–Crippen LogP) is 5.07. The average molecular weight is 483 g/mol. The first kappa shape index (κ1) is 21.5. The molecule has 0 spiro atoms. The fourth-order valence-electron chi connectivity index (χ4n) is 3.84. The molecule has 2 N–H and O–H groups in total. The number of aromatic nitrogens is 3. The van der Waals surface area contributed by atoms with E-state index in [2.05, 4.69) is 31.2 Å². The molecule has 33 heavy (non-hydrogen) atoms. The maximum atomic E-state index is 13.1. The van der Waals surface area contributed by atoms with E-state index in [-0.39, 0.29) is 24.1 Å². The third-order valence-corrected chi connectivity index (χ3v) is 5.86.